The summed E-state index contributed by atoms with van der Waals surface area (Å²) in [5.41, 5.74) is 5.18. The highest BCUT2D eigenvalue weighted by molar-refractivity contribution is 7.98. The maximum Gasteiger partial charge on any atom is 0.00695 e. The predicted octanol–water partition coefficient (Wildman–Crippen LogP) is 4.98. The van der Waals surface area contributed by atoms with Crippen LogP contribution in [0, 0.1) is 0 Å². The molecule has 0 spiro atoms. The molecule has 88 valence electrons. The van der Waals surface area contributed by atoms with Gasteiger partial charge in [0.2, 0.25) is 0 Å². The Morgan fingerprint density at radius 1 is 0.889 bits per heavy atom. The Morgan fingerprint density at radius 3 is 2.44 bits per heavy atom. The first-order chi connectivity index (χ1) is 8.86. The van der Waals surface area contributed by atoms with Gasteiger partial charge in [0.1, 0.15) is 0 Å². The van der Waals surface area contributed by atoms with E-state index in [1.165, 1.54) is 27.2 Å². The molecule has 0 N–H and O–H groups in total. The molecule has 0 aromatic heterocycles. The molecule has 18 heavy (non-hydrogen) atoms. The number of fused-ring (bicyclic) bond motifs is 1. The average Bonchev–Trinajstić information content (AvgIpc) is 2.83. The van der Waals surface area contributed by atoms with Crippen molar-refractivity contribution in [2.45, 2.75) is 4.90 Å². The Labute approximate surface area is 112 Å². The fraction of sp³-hybridized carbons (Fsp3) is 0.0588. The van der Waals surface area contributed by atoms with Crippen LogP contribution in [-0.4, -0.2) is 6.26 Å². The van der Waals surface area contributed by atoms with Crippen LogP contribution >= 0.6 is 11.8 Å². The highest BCUT2D eigenvalue weighted by Gasteiger charge is 2.08. The summed E-state index contributed by atoms with van der Waals surface area (Å²) in [5, 5.41) is 0. The molecule has 0 fully saturated rings. The zero-order chi connectivity index (χ0) is 12.4. The minimum Gasteiger partial charge on any atom is -0.130 e. The molecule has 2 aromatic carbocycles. The zero-order valence-corrected chi connectivity index (χ0v) is 11.1. The molecule has 1 aliphatic rings. The van der Waals surface area contributed by atoms with E-state index in [0.29, 0.717) is 0 Å². The van der Waals surface area contributed by atoms with Gasteiger partial charge in [0.05, 0.1) is 0 Å². The molecule has 0 atom stereocenters. The Bertz CT molecular complexity index is 618. The van der Waals surface area contributed by atoms with Gasteiger partial charge in [-0.05, 0) is 46.7 Å². The summed E-state index contributed by atoms with van der Waals surface area (Å²) < 4.78 is 0. The van der Waals surface area contributed by atoms with Crippen LogP contribution in [0.15, 0.2) is 59.5 Å². The van der Waals surface area contributed by atoms with E-state index in [4.69, 9.17) is 0 Å². The van der Waals surface area contributed by atoms with Crippen LogP contribution in [0.5, 0.6) is 0 Å². The van der Waals surface area contributed by atoms with E-state index in [0.717, 1.165) is 0 Å². The van der Waals surface area contributed by atoms with E-state index in [1.807, 2.05) is 0 Å². The van der Waals surface area contributed by atoms with E-state index in [-0.39, 0.29) is 0 Å². The van der Waals surface area contributed by atoms with Gasteiger partial charge in [0.25, 0.3) is 0 Å². The molecule has 2 aromatic rings. The van der Waals surface area contributed by atoms with E-state index >= 15 is 0 Å². The van der Waals surface area contributed by atoms with Crippen LogP contribution in [-0.2, 0) is 0 Å². The standard InChI is InChI=1S/C17H14S/c1-18-16-10-6-13(7-11-16)12-15-9-8-14-4-2-3-5-17(14)15/h2-12H,1H3/b15-12+. The van der Waals surface area contributed by atoms with Crippen LogP contribution in [0.1, 0.15) is 16.7 Å². The molecule has 0 saturated heterocycles. The Kier molecular flexibility index (Phi) is 3.07. The highest BCUT2D eigenvalue weighted by Crippen LogP contribution is 2.30. The second-order valence-corrected chi connectivity index (χ2v) is 5.17. The third-order valence-electron chi connectivity index (χ3n) is 3.15. The average molecular weight is 250 g/mol. The van der Waals surface area contributed by atoms with E-state index in [1.54, 1.807) is 11.8 Å². The van der Waals surface area contributed by atoms with Gasteiger partial charge in [-0.2, -0.15) is 0 Å². The molecule has 1 aliphatic carbocycles. The van der Waals surface area contributed by atoms with Crippen molar-refractivity contribution in [3.63, 3.8) is 0 Å². The summed E-state index contributed by atoms with van der Waals surface area (Å²) in [4.78, 5) is 1.31. The van der Waals surface area contributed by atoms with Crippen molar-refractivity contribution in [3.05, 3.63) is 71.3 Å². The molecule has 0 bridgehead atoms. The van der Waals surface area contributed by atoms with Crippen LogP contribution in [0.3, 0.4) is 0 Å². The van der Waals surface area contributed by atoms with Crippen molar-refractivity contribution in [2.24, 2.45) is 0 Å². The van der Waals surface area contributed by atoms with Crippen molar-refractivity contribution < 1.29 is 0 Å². The van der Waals surface area contributed by atoms with Crippen molar-refractivity contribution in [1.82, 2.24) is 0 Å². The molecular formula is C17H14S. The first-order valence-corrected chi connectivity index (χ1v) is 7.22. The van der Waals surface area contributed by atoms with Crippen LogP contribution in [0.4, 0.5) is 0 Å². The number of hydrogen-bond acceptors (Lipinski definition) is 1. The van der Waals surface area contributed by atoms with Gasteiger partial charge in [-0.25, -0.2) is 0 Å². The number of thioether (sulfide) groups is 1. The SMILES string of the molecule is CSc1ccc(/C=C2\C=Cc3ccccc32)cc1. The van der Waals surface area contributed by atoms with Gasteiger partial charge in [-0.15, -0.1) is 11.8 Å². The van der Waals surface area contributed by atoms with Gasteiger partial charge in [0, 0.05) is 4.90 Å². The second kappa shape index (κ2) is 4.87. The Morgan fingerprint density at radius 2 is 1.67 bits per heavy atom. The third kappa shape index (κ3) is 2.14. The number of benzene rings is 2. The summed E-state index contributed by atoms with van der Waals surface area (Å²) in [6.07, 6.45) is 8.71. The lowest BCUT2D eigenvalue weighted by Gasteiger charge is -2.02. The quantitative estimate of drug-likeness (QED) is 0.678. The minimum atomic E-state index is 1.25. The summed E-state index contributed by atoms with van der Waals surface area (Å²) in [5.74, 6) is 0. The van der Waals surface area contributed by atoms with Gasteiger partial charge in [-0.3, -0.25) is 0 Å². The molecule has 0 aliphatic heterocycles. The highest BCUT2D eigenvalue weighted by atomic mass is 32.2. The molecule has 0 unspecified atom stereocenters. The van der Waals surface area contributed by atoms with Crippen LogP contribution in [0.2, 0.25) is 0 Å². The lowest BCUT2D eigenvalue weighted by Crippen LogP contribution is -1.80. The number of rotatable bonds is 2. The third-order valence-corrected chi connectivity index (χ3v) is 3.90. The normalized spacial score (nSPS) is 15.1. The molecule has 0 nitrogen and oxygen atoms in total. The first-order valence-electron chi connectivity index (χ1n) is 6.00. The van der Waals surface area contributed by atoms with Gasteiger partial charge in [-0.1, -0.05) is 48.6 Å². The summed E-state index contributed by atoms with van der Waals surface area (Å²) >= 11 is 1.77. The smallest absolute Gasteiger partial charge is 0.00695 e. The van der Waals surface area contributed by atoms with E-state index in [2.05, 4.69) is 73.0 Å². The molecular weight excluding hydrogens is 236 g/mol. The molecule has 0 radical (unpaired) electrons. The molecule has 3 rings (SSSR count). The number of hydrogen-bond donors (Lipinski definition) is 0. The fourth-order valence-corrected chi connectivity index (χ4v) is 2.59. The van der Waals surface area contributed by atoms with E-state index < -0.39 is 0 Å². The molecule has 1 heteroatoms. The molecule has 0 heterocycles. The van der Waals surface area contributed by atoms with Gasteiger partial charge < -0.3 is 0 Å². The molecule has 0 saturated carbocycles. The Hall–Kier alpha value is -1.73. The van der Waals surface area contributed by atoms with Crippen LogP contribution < -0.4 is 0 Å². The first kappa shape index (κ1) is 11.4. The van der Waals surface area contributed by atoms with Crippen molar-refractivity contribution in [1.29, 1.82) is 0 Å². The maximum absolute atomic E-state index is 2.24. The van der Waals surface area contributed by atoms with Crippen molar-refractivity contribution in [2.75, 3.05) is 6.26 Å². The minimum absolute atomic E-state index is 1.25. The molecule has 0 amide bonds. The fourth-order valence-electron chi connectivity index (χ4n) is 2.18. The topological polar surface area (TPSA) is 0 Å². The summed E-state index contributed by atoms with van der Waals surface area (Å²) in [6, 6.07) is 17.2. The lowest BCUT2D eigenvalue weighted by molar-refractivity contribution is 1.45. The largest absolute Gasteiger partial charge is 0.130 e. The van der Waals surface area contributed by atoms with Crippen molar-refractivity contribution in [3.8, 4) is 0 Å². The monoisotopic (exact) mass is 250 g/mol. The summed E-state index contributed by atoms with van der Waals surface area (Å²) in [6.45, 7) is 0. The number of allylic oxidation sites excluding steroid dienone is 2. The maximum atomic E-state index is 2.24. The summed E-state index contributed by atoms with van der Waals surface area (Å²) in [7, 11) is 0. The Balaban J connectivity index is 1.96. The zero-order valence-electron chi connectivity index (χ0n) is 10.3. The van der Waals surface area contributed by atoms with Gasteiger partial charge >= 0.3 is 0 Å². The van der Waals surface area contributed by atoms with Gasteiger partial charge in [0.15, 0.2) is 0 Å². The second-order valence-electron chi connectivity index (χ2n) is 4.29. The van der Waals surface area contributed by atoms with E-state index in [9.17, 15) is 0 Å². The predicted molar refractivity (Wildman–Crippen MR) is 81.6 cm³/mol. The lowest BCUT2D eigenvalue weighted by atomic mass is 10.0. The van der Waals surface area contributed by atoms with Crippen LogP contribution in [0.25, 0.3) is 17.7 Å². The van der Waals surface area contributed by atoms with Crippen molar-refractivity contribution >= 4 is 29.5 Å².